The smallest absolute Gasteiger partial charge is 0.348 e. The van der Waals surface area contributed by atoms with Crippen molar-refractivity contribution >= 4 is 5.91 Å². The van der Waals surface area contributed by atoms with E-state index in [1.54, 1.807) is 24.5 Å². The van der Waals surface area contributed by atoms with Crippen molar-refractivity contribution in [1.82, 2.24) is 5.32 Å². The fraction of sp³-hybridized carbons (Fsp3) is 0.182. The molecule has 0 unspecified atom stereocenters. The summed E-state index contributed by atoms with van der Waals surface area (Å²) < 4.78 is 79.5. The fourth-order valence-electron chi connectivity index (χ4n) is 2.88. The zero-order valence-corrected chi connectivity index (χ0v) is 16.0. The number of alkyl halides is 6. The molecule has 0 fully saturated rings. The lowest BCUT2D eigenvalue weighted by Crippen LogP contribution is -2.33. The number of halogens is 6. The minimum absolute atomic E-state index is 0.0144. The van der Waals surface area contributed by atoms with E-state index >= 15 is 0 Å². The monoisotopic (exact) mass is 439 g/mol. The Bertz CT molecular complexity index is 1010. The minimum atomic E-state index is -5.01. The summed E-state index contributed by atoms with van der Waals surface area (Å²) in [5.74, 6) is -1.03. The molecule has 0 aliphatic heterocycles. The molecule has 0 radical (unpaired) electrons. The molecule has 1 heterocycles. The Labute approximate surface area is 174 Å². The average Bonchev–Trinajstić information content (AvgIpc) is 2.72. The maximum Gasteiger partial charge on any atom is 0.416 e. The Morgan fingerprint density at radius 2 is 1.32 bits per heavy atom. The van der Waals surface area contributed by atoms with E-state index < -0.39 is 35.0 Å². The minimum Gasteiger partial charge on any atom is -0.348 e. The molecule has 0 atom stereocenters. The fourth-order valence-corrected chi connectivity index (χ4v) is 2.88. The second-order valence-electron chi connectivity index (χ2n) is 6.84. The third-order valence-electron chi connectivity index (χ3n) is 4.47. The third-order valence-corrected chi connectivity index (χ3v) is 4.47. The normalized spacial score (nSPS) is 11.9. The molecule has 9 heteroatoms. The van der Waals surface area contributed by atoms with Gasteiger partial charge in [-0.1, -0.05) is 30.3 Å². The van der Waals surface area contributed by atoms with Crippen LogP contribution in [0.1, 0.15) is 32.6 Å². The first-order valence-corrected chi connectivity index (χ1v) is 9.12. The molecular weight excluding hydrogens is 422 g/mol. The van der Waals surface area contributed by atoms with E-state index in [1.807, 2.05) is 34.9 Å². The quantitative estimate of drug-likeness (QED) is 0.441. The third kappa shape index (κ3) is 6.07. The molecular formula is C22H17F6N2O+. The second-order valence-corrected chi connectivity index (χ2v) is 6.84. The van der Waals surface area contributed by atoms with E-state index in [-0.39, 0.29) is 12.6 Å². The first kappa shape index (κ1) is 22.3. The zero-order chi connectivity index (χ0) is 22.6. The van der Waals surface area contributed by atoms with Gasteiger partial charge in [-0.2, -0.15) is 26.3 Å². The number of nitrogens with zero attached hydrogens (tertiary/aromatic N) is 1. The van der Waals surface area contributed by atoms with Gasteiger partial charge in [-0.3, -0.25) is 4.79 Å². The summed E-state index contributed by atoms with van der Waals surface area (Å²) in [6.07, 6.45) is -6.49. The number of carbonyl (C=O) groups is 1. The van der Waals surface area contributed by atoms with E-state index in [0.717, 1.165) is 5.56 Å². The van der Waals surface area contributed by atoms with Gasteiger partial charge < -0.3 is 5.32 Å². The van der Waals surface area contributed by atoms with Gasteiger partial charge >= 0.3 is 12.4 Å². The first-order valence-electron chi connectivity index (χ1n) is 9.12. The van der Waals surface area contributed by atoms with Crippen LogP contribution in [0.15, 0.2) is 73.1 Å². The predicted molar refractivity (Wildman–Crippen MR) is 99.8 cm³/mol. The number of rotatable bonds is 5. The Balaban J connectivity index is 1.70. The van der Waals surface area contributed by atoms with Gasteiger partial charge in [-0.15, -0.1) is 0 Å². The summed E-state index contributed by atoms with van der Waals surface area (Å²) in [5.41, 5.74) is -2.06. The Morgan fingerprint density at radius 3 is 1.84 bits per heavy atom. The van der Waals surface area contributed by atoms with Crippen molar-refractivity contribution < 1.29 is 35.7 Å². The summed E-state index contributed by atoms with van der Waals surface area (Å²) >= 11 is 0. The highest BCUT2D eigenvalue weighted by Crippen LogP contribution is 2.36. The highest BCUT2D eigenvalue weighted by atomic mass is 19.4. The standard InChI is InChI=1S/C22H16F6N2O/c23-21(24,25)18-10-17(11-19(12-18)22(26,27)28)20(31)29-13-15-6-8-30(9-7-15)14-16-4-2-1-3-5-16/h1-12H,13-14H2/p+1. The Hall–Kier alpha value is -3.36. The Morgan fingerprint density at radius 1 is 0.774 bits per heavy atom. The molecule has 1 N–H and O–H groups in total. The summed E-state index contributed by atoms with van der Waals surface area (Å²) in [5, 5.41) is 2.36. The van der Waals surface area contributed by atoms with E-state index in [0.29, 0.717) is 24.2 Å². The summed E-state index contributed by atoms with van der Waals surface area (Å²) in [6.45, 7) is 0.570. The Kier molecular flexibility index (Phi) is 6.33. The van der Waals surface area contributed by atoms with Gasteiger partial charge in [-0.25, -0.2) is 4.57 Å². The molecule has 0 aliphatic rings. The maximum absolute atomic E-state index is 12.9. The lowest BCUT2D eigenvalue weighted by molar-refractivity contribution is -0.688. The summed E-state index contributed by atoms with van der Waals surface area (Å²) in [7, 11) is 0. The number of pyridine rings is 1. The number of aromatic nitrogens is 1. The van der Waals surface area contributed by atoms with E-state index in [2.05, 4.69) is 5.32 Å². The van der Waals surface area contributed by atoms with Gasteiger partial charge in [-0.05, 0) is 23.8 Å². The SMILES string of the molecule is O=C(NCc1cc[n+](Cc2ccccc2)cc1)c1cc(C(F)(F)F)cc(C(F)(F)F)c1. The predicted octanol–water partition coefficient (Wildman–Crippen LogP) is 4.99. The average molecular weight is 439 g/mol. The molecule has 1 aromatic heterocycles. The van der Waals surface area contributed by atoms with Gasteiger partial charge in [0.25, 0.3) is 5.91 Å². The van der Waals surface area contributed by atoms with Gasteiger partial charge in [0.05, 0.1) is 11.1 Å². The van der Waals surface area contributed by atoms with Crippen molar-refractivity contribution in [3.63, 3.8) is 0 Å². The van der Waals surface area contributed by atoms with Crippen LogP contribution in [0, 0.1) is 0 Å². The molecule has 0 spiro atoms. The number of nitrogens with one attached hydrogen (secondary N) is 1. The van der Waals surface area contributed by atoms with Crippen molar-refractivity contribution in [2.45, 2.75) is 25.4 Å². The number of carbonyl (C=O) groups excluding carboxylic acids is 1. The van der Waals surface area contributed by atoms with E-state index in [4.69, 9.17) is 0 Å². The van der Waals surface area contributed by atoms with Crippen LogP contribution in [0.4, 0.5) is 26.3 Å². The molecule has 162 valence electrons. The number of hydrogen-bond donors (Lipinski definition) is 1. The number of amides is 1. The molecule has 0 saturated heterocycles. The maximum atomic E-state index is 12.9. The summed E-state index contributed by atoms with van der Waals surface area (Å²) in [4.78, 5) is 12.2. The number of benzene rings is 2. The van der Waals surface area contributed by atoms with Crippen LogP contribution >= 0.6 is 0 Å². The molecule has 3 aromatic rings. The lowest BCUT2D eigenvalue weighted by atomic mass is 10.0. The molecule has 3 nitrogen and oxygen atoms in total. The molecule has 3 rings (SSSR count). The van der Waals surface area contributed by atoms with Gasteiger partial charge in [0.1, 0.15) is 0 Å². The molecule has 31 heavy (non-hydrogen) atoms. The highest BCUT2D eigenvalue weighted by Gasteiger charge is 2.37. The molecule has 0 bridgehead atoms. The van der Waals surface area contributed by atoms with Gasteiger partial charge in [0.15, 0.2) is 18.9 Å². The van der Waals surface area contributed by atoms with Crippen LogP contribution in [0.5, 0.6) is 0 Å². The largest absolute Gasteiger partial charge is 0.416 e. The van der Waals surface area contributed by atoms with Crippen molar-refractivity contribution in [2.24, 2.45) is 0 Å². The van der Waals surface area contributed by atoms with Crippen molar-refractivity contribution in [3.05, 3.63) is 101 Å². The van der Waals surface area contributed by atoms with Crippen LogP contribution in [-0.4, -0.2) is 5.91 Å². The topological polar surface area (TPSA) is 33.0 Å². The van der Waals surface area contributed by atoms with Crippen LogP contribution in [0.25, 0.3) is 0 Å². The van der Waals surface area contributed by atoms with Crippen molar-refractivity contribution in [2.75, 3.05) is 0 Å². The lowest BCUT2D eigenvalue weighted by Gasteiger charge is -2.14. The van der Waals surface area contributed by atoms with E-state index in [9.17, 15) is 31.1 Å². The first-order chi connectivity index (χ1) is 14.5. The molecule has 0 saturated carbocycles. The van der Waals surface area contributed by atoms with E-state index in [1.165, 1.54) is 0 Å². The molecule has 1 amide bonds. The van der Waals surface area contributed by atoms with Crippen LogP contribution in [0.2, 0.25) is 0 Å². The molecule has 2 aromatic carbocycles. The van der Waals surface area contributed by atoms with Crippen LogP contribution in [0.3, 0.4) is 0 Å². The molecule has 0 aliphatic carbocycles. The van der Waals surface area contributed by atoms with Crippen LogP contribution < -0.4 is 9.88 Å². The second kappa shape index (κ2) is 8.79. The van der Waals surface area contributed by atoms with Crippen molar-refractivity contribution in [3.8, 4) is 0 Å². The van der Waals surface area contributed by atoms with Gasteiger partial charge in [0.2, 0.25) is 0 Å². The van der Waals surface area contributed by atoms with Gasteiger partial charge in [0, 0.05) is 29.8 Å². The number of hydrogen-bond acceptors (Lipinski definition) is 1. The summed E-state index contributed by atoms with van der Waals surface area (Å²) in [6, 6.07) is 13.9. The van der Waals surface area contributed by atoms with Crippen molar-refractivity contribution in [1.29, 1.82) is 0 Å². The highest BCUT2D eigenvalue weighted by molar-refractivity contribution is 5.94. The van der Waals surface area contributed by atoms with Crippen LogP contribution in [-0.2, 0) is 25.4 Å². The zero-order valence-electron chi connectivity index (χ0n) is 16.0.